The van der Waals surface area contributed by atoms with Gasteiger partial charge in [-0.05, 0) is 79.6 Å². The van der Waals surface area contributed by atoms with Gasteiger partial charge in [0, 0.05) is 16.2 Å². The molecule has 0 unspecified atom stereocenters. The number of carbonyl (C=O) groups is 1. The maximum absolute atomic E-state index is 12.7. The van der Waals surface area contributed by atoms with Gasteiger partial charge in [0.05, 0.1) is 6.04 Å². The molecule has 0 aromatic heterocycles. The maximum atomic E-state index is 12.7. The van der Waals surface area contributed by atoms with E-state index in [1.807, 2.05) is 23.9 Å². The molecule has 0 spiro atoms. The lowest BCUT2D eigenvalue weighted by Crippen LogP contribution is -2.26. The van der Waals surface area contributed by atoms with Crippen LogP contribution in [0.5, 0.6) is 0 Å². The van der Waals surface area contributed by atoms with E-state index >= 15 is 0 Å². The van der Waals surface area contributed by atoms with E-state index < -0.39 is 0 Å². The second-order valence-corrected chi connectivity index (χ2v) is 8.92. The van der Waals surface area contributed by atoms with Gasteiger partial charge in [0.15, 0.2) is 0 Å². The summed E-state index contributed by atoms with van der Waals surface area (Å²) in [5.74, 6) is 0.881. The Morgan fingerprint density at radius 3 is 2.45 bits per heavy atom. The molecular formula is C26H27NOS. The maximum Gasteiger partial charge on any atom is 0.251 e. The van der Waals surface area contributed by atoms with Crippen LogP contribution in [0, 0.1) is 6.92 Å². The fourth-order valence-electron chi connectivity index (χ4n) is 3.78. The zero-order valence-corrected chi connectivity index (χ0v) is 17.9. The van der Waals surface area contributed by atoms with Crippen LogP contribution in [0.4, 0.5) is 0 Å². The average molecular weight is 402 g/mol. The summed E-state index contributed by atoms with van der Waals surface area (Å²) in [5.41, 5.74) is 7.30. The van der Waals surface area contributed by atoms with Gasteiger partial charge in [-0.3, -0.25) is 4.79 Å². The molecule has 2 nitrogen and oxygen atoms in total. The first-order valence-corrected chi connectivity index (χ1v) is 11.3. The lowest BCUT2D eigenvalue weighted by atomic mass is 10.0. The summed E-state index contributed by atoms with van der Waals surface area (Å²) in [5, 5.41) is 3.14. The van der Waals surface area contributed by atoms with Gasteiger partial charge in [-0.25, -0.2) is 0 Å². The van der Waals surface area contributed by atoms with Gasteiger partial charge in [-0.2, -0.15) is 0 Å². The number of aryl methyl sites for hydroxylation is 3. The largest absolute Gasteiger partial charge is 0.346 e. The van der Waals surface area contributed by atoms with Gasteiger partial charge in [0.25, 0.3) is 5.91 Å². The summed E-state index contributed by atoms with van der Waals surface area (Å²) in [7, 11) is 0. The monoisotopic (exact) mass is 401 g/mol. The van der Waals surface area contributed by atoms with E-state index in [4.69, 9.17) is 0 Å². The molecule has 4 rings (SSSR count). The number of hydrogen-bond acceptors (Lipinski definition) is 2. The number of fused-ring (bicyclic) bond motifs is 1. The fourth-order valence-corrected chi connectivity index (χ4v) is 4.63. The molecular weight excluding hydrogens is 374 g/mol. The molecule has 29 heavy (non-hydrogen) atoms. The van der Waals surface area contributed by atoms with Crippen LogP contribution in [0.2, 0.25) is 0 Å². The number of rotatable bonds is 6. The Hall–Kier alpha value is -2.52. The number of amides is 1. The van der Waals surface area contributed by atoms with E-state index in [2.05, 4.69) is 73.8 Å². The molecule has 1 aliphatic rings. The highest BCUT2D eigenvalue weighted by atomic mass is 32.2. The van der Waals surface area contributed by atoms with E-state index in [1.54, 1.807) is 0 Å². The van der Waals surface area contributed by atoms with Crippen LogP contribution in [-0.2, 0) is 18.6 Å². The van der Waals surface area contributed by atoms with Crippen LogP contribution < -0.4 is 5.32 Å². The molecule has 0 saturated carbocycles. The number of thioether (sulfide) groups is 1. The second kappa shape index (κ2) is 8.87. The molecule has 0 radical (unpaired) electrons. The summed E-state index contributed by atoms with van der Waals surface area (Å²) >= 11 is 1.81. The van der Waals surface area contributed by atoms with E-state index in [9.17, 15) is 4.79 Å². The Bertz CT molecular complexity index is 992. The summed E-state index contributed by atoms with van der Waals surface area (Å²) < 4.78 is 0. The highest BCUT2D eigenvalue weighted by Gasteiger charge is 2.15. The van der Waals surface area contributed by atoms with Gasteiger partial charge in [-0.1, -0.05) is 48.0 Å². The molecule has 1 atom stereocenters. The first-order valence-electron chi connectivity index (χ1n) is 10.3. The third-order valence-corrected chi connectivity index (χ3v) is 6.70. The molecule has 0 fully saturated rings. The standard InChI is InChI=1S/C26H27NOS/c1-18-6-14-25(15-7-18)29-17-20-8-10-22(11-9-20)26(28)27-19(2)23-13-12-21-4-3-5-24(21)16-23/h6-16,19H,3-5,17H2,1-2H3,(H,27,28)/t19-/m0/s1. The molecule has 0 heterocycles. The molecule has 148 valence electrons. The van der Waals surface area contributed by atoms with Crippen molar-refractivity contribution >= 4 is 17.7 Å². The van der Waals surface area contributed by atoms with Crippen molar-refractivity contribution in [3.63, 3.8) is 0 Å². The average Bonchev–Trinajstić information content (AvgIpc) is 3.21. The van der Waals surface area contributed by atoms with Crippen molar-refractivity contribution in [3.05, 3.63) is 100 Å². The predicted octanol–water partition coefficient (Wildman–Crippen LogP) is 6.27. The highest BCUT2D eigenvalue weighted by molar-refractivity contribution is 7.98. The highest BCUT2D eigenvalue weighted by Crippen LogP contribution is 2.26. The van der Waals surface area contributed by atoms with Gasteiger partial charge < -0.3 is 5.32 Å². The quantitative estimate of drug-likeness (QED) is 0.493. The van der Waals surface area contributed by atoms with Crippen LogP contribution in [-0.4, -0.2) is 5.91 Å². The van der Waals surface area contributed by atoms with Crippen LogP contribution in [0.3, 0.4) is 0 Å². The lowest BCUT2D eigenvalue weighted by molar-refractivity contribution is 0.0940. The summed E-state index contributed by atoms with van der Waals surface area (Å²) in [6, 6.07) is 23.2. The van der Waals surface area contributed by atoms with Crippen molar-refractivity contribution in [2.24, 2.45) is 0 Å². The van der Waals surface area contributed by atoms with Crippen molar-refractivity contribution in [1.82, 2.24) is 5.32 Å². The number of benzene rings is 3. The number of nitrogens with one attached hydrogen (secondary N) is 1. The molecule has 0 bridgehead atoms. The second-order valence-electron chi connectivity index (χ2n) is 7.88. The molecule has 3 aromatic rings. The number of hydrogen-bond donors (Lipinski definition) is 1. The molecule has 1 amide bonds. The third-order valence-electron chi connectivity index (χ3n) is 5.61. The van der Waals surface area contributed by atoms with Gasteiger partial charge in [0.2, 0.25) is 0 Å². The van der Waals surface area contributed by atoms with Crippen LogP contribution in [0.15, 0.2) is 71.6 Å². The summed E-state index contributed by atoms with van der Waals surface area (Å²) in [6.45, 7) is 4.16. The lowest BCUT2D eigenvalue weighted by Gasteiger charge is -2.16. The smallest absolute Gasteiger partial charge is 0.251 e. The van der Waals surface area contributed by atoms with Crippen molar-refractivity contribution in [3.8, 4) is 0 Å². The zero-order chi connectivity index (χ0) is 20.2. The van der Waals surface area contributed by atoms with E-state index in [1.165, 1.54) is 45.6 Å². The fraction of sp³-hybridized carbons (Fsp3) is 0.269. The topological polar surface area (TPSA) is 29.1 Å². The normalized spacial score (nSPS) is 13.7. The SMILES string of the molecule is Cc1ccc(SCc2ccc(C(=O)N[C@@H](C)c3ccc4c(c3)CCC4)cc2)cc1. The molecule has 3 heteroatoms. The zero-order valence-electron chi connectivity index (χ0n) is 17.1. The van der Waals surface area contributed by atoms with Crippen molar-refractivity contribution < 1.29 is 4.79 Å². The first kappa shape index (κ1) is 19.8. The molecule has 3 aromatic carbocycles. The van der Waals surface area contributed by atoms with Crippen LogP contribution >= 0.6 is 11.8 Å². The third kappa shape index (κ3) is 4.91. The van der Waals surface area contributed by atoms with Gasteiger partial charge in [-0.15, -0.1) is 11.8 Å². The Labute approximate surface area is 177 Å². The first-order chi connectivity index (χ1) is 14.1. The molecule has 0 aliphatic heterocycles. The Morgan fingerprint density at radius 1 is 0.966 bits per heavy atom. The predicted molar refractivity (Wildman–Crippen MR) is 122 cm³/mol. The van der Waals surface area contributed by atoms with Gasteiger partial charge in [0.1, 0.15) is 0 Å². The molecule has 0 saturated heterocycles. The van der Waals surface area contributed by atoms with E-state index in [-0.39, 0.29) is 11.9 Å². The van der Waals surface area contributed by atoms with Crippen molar-refractivity contribution in [1.29, 1.82) is 0 Å². The Balaban J connectivity index is 1.34. The van der Waals surface area contributed by atoms with E-state index in [0.717, 1.165) is 12.2 Å². The van der Waals surface area contributed by atoms with E-state index in [0.29, 0.717) is 5.56 Å². The van der Waals surface area contributed by atoms with Crippen LogP contribution in [0.25, 0.3) is 0 Å². The minimum Gasteiger partial charge on any atom is -0.346 e. The van der Waals surface area contributed by atoms with Crippen molar-refractivity contribution in [2.75, 3.05) is 0 Å². The summed E-state index contributed by atoms with van der Waals surface area (Å²) in [4.78, 5) is 13.9. The Morgan fingerprint density at radius 2 is 1.69 bits per heavy atom. The minimum absolute atomic E-state index is 0.00479. The molecule has 1 N–H and O–H groups in total. The van der Waals surface area contributed by atoms with Gasteiger partial charge >= 0.3 is 0 Å². The summed E-state index contributed by atoms with van der Waals surface area (Å²) in [6.07, 6.45) is 3.59. The molecule has 1 aliphatic carbocycles. The minimum atomic E-state index is -0.0178. The van der Waals surface area contributed by atoms with Crippen molar-refractivity contribution in [2.45, 2.75) is 49.8 Å². The number of carbonyl (C=O) groups excluding carboxylic acids is 1. The van der Waals surface area contributed by atoms with Crippen LogP contribution in [0.1, 0.15) is 57.6 Å². The Kier molecular flexibility index (Phi) is 6.05.